The molecule has 2 aliphatic heterocycles. The highest BCUT2D eigenvalue weighted by atomic mass is 16.2. The Balaban J connectivity index is 1.56. The predicted octanol–water partition coefficient (Wildman–Crippen LogP) is 5.01. The molecular weight excluding hydrogens is 478 g/mol. The summed E-state index contributed by atoms with van der Waals surface area (Å²) in [6.07, 6.45) is 1.54. The van der Waals surface area contributed by atoms with Gasteiger partial charge in [-0.25, -0.2) is 4.98 Å². The third kappa shape index (κ3) is 4.68. The Labute approximate surface area is 223 Å². The molecular formula is C30H37N5O3. The summed E-state index contributed by atoms with van der Waals surface area (Å²) in [5.74, 6) is 0.0693. The second-order valence-electron chi connectivity index (χ2n) is 12.6. The number of benzene rings is 1. The Morgan fingerprint density at radius 2 is 1.79 bits per heavy atom. The van der Waals surface area contributed by atoms with E-state index in [0.29, 0.717) is 18.5 Å². The van der Waals surface area contributed by atoms with Crippen LogP contribution in [-0.2, 0) is 16.1 Å². The highest BCUT2D eigenvalue weighted by molar-refractivity contribution is 6.05. The standard InChI is InChI=1S/C30H37N5O3/c1-17-8-12-23-31-25(26(35(23)18(17)2)33-30(6,7)16-29(3,4)5)19-9-10-21-20(14-19)15-34(28(21)38)22-11-13-24(36)32-27(22)37/h8-10,12,14,22,33H,11,13,15-16H2,1-7H3,(H,32,36,37). The zero-order valence-electron chi connectivity index (χ0n) is 23.4. The molecule has 4 heterocycles. The number of piperidine rings is 1. The zero-order chi connectivity index (χ0) is 27.6. The van der Waals surface area contributed by atoms with Crippen molar-refractivity contribution in [1.29, 1.82) is 0 Å². The van der Waals surface area contributed by atoms with Gasteiger partial charge in [-0.15, -0.1) is 0 Å². The molecule has 3 aromatic rings. The second kappa shape index (κ2) is 8.96. The summed E-state index contributed by atoms with van der Waals surface area (Å²) in [5, 5.41) is 6.19. The number of hydrogen-bond donors (Lipinski definition) is 2. The number of amides is 3. The van der Waals surface area contributed by atoms with Crippen LogP contribution in [0, 0.1) is 19.3 Å². The van der Waals surface area contributed by atoms with E-state index in [0.717, 1.165) is 40.4 Å². The molecule has 0 bridgehead atoms. The number of pyridine rings is 1. The van der Waals surface area contributed by atoms with Crippen LogP contribution in [-0.4, -0.2) is 43.6 Å². The Morgan fingerprint density at radius 3 is 2.47 bits per heavy atom. The Morgan fingerprint density at radius 1 is 1.05 bits per heavy atom. The molecule has 200 valence electrons. The van der Waals surface area contributed by atoms with Gasteiger partial charge in [0, 0.05) is 35.3 Å². The molecule has 8 heteroatoms. The van der Waals surface area contributed by atoms with Gasteiger partial charge < -0.3 is 10.2 Å². The molecule has 0 spiro atoms. The third-order valence-electron chi connectivity index (χ3n) is 7.52. The summed E-state index contributed by atoms with van der Waals surface area (Å²) in [7, 11) is 0. The molecule has 2 aromatic heterocycles. The molecule has 0 radical (unpaired) electrons. The zero-order valence-corrected chi connectivity index (χ0v) is 23.4. The predicted molar refractivity (Wildman–Crippen MR) is 148 cm³/mol. The number of rotatable bonds is 5. The van der Waals surface area contributed by atoms with E-state index in [1.807, 2.05) is 24.3 Å². The number of carbonyl (C=O) groups is 3. The first kappa shape index (κ1) is 25.9. The van der Waals surface area contributed by atoms with E-state index in [-0.39, 0.29) is 29.2 Å². The summed E-state index contributed by atoms with van der Waals surface area (Å²) >= 11 is 0. The third-order valence-corrected chi connectivity index (χ3v) is 7.52. The minimum atomic E-state index is -0.632. The fraction of sp³-hybridized carbons (Fsp3) is 0.467. The maximum Gasteiger partial charge on any atom is 0.255 e. The van der Waals surface area contributed by atoms with Crippen LogP contribution >= 0.6 is 0 Å². The topological polar surface area (TPSA) is 95.8 Å². The van der Waals surface area contributed by atoms with Gasteiger partial charge in [-0.05, 0) is 75.3 Å². The average Bonchev–Trinajstić information content (AvgIpc) is 3.32. The molecule has 0 saturated carbocycles. The van der Waals surface area contributed by atoms with Crippen molar-refractivity contribution in [3.8, 4) is 11.3 Å². The number of carbonyl (C=O) groups excluding carboxylic acids is 3. The van der Waals surface area contributed by atoms with E-state index in [1.54, 1.807) is 4.90 Å². The average molecular weight is 516 g/mol. The number of aryl methyl sites for hydroxylation is 2. The highest BCUT2D eigenvalue weighted by Crippen LogP contribution is 2.38. The summed E-state index contributed by atoms with van der Waals surface area (Å²) in [4.78, 5) is 43.9. The molecule has 1 unspecified atom stereocenters. The van der Waals surface area contributed by atoms with Crippen LogP contribution in [0.5, 0.6) is 0 Å². The molecule has 1 fully saturated rings. The summed E-state index contributed by atoms with van der Waals surface area (Å²) < 4.78 is 2.18. The smallest absolute Gasteiger partial charge is 0.255 e. The minimum Gasteiger partial charge on any atom is -0.364 e. The van der Waals surface area contributed by atoms with Crippen LogP contribution in [0.15, 0.2) is 30.3 Å². The lowest BCUT2D eigenvalue weighted by Gasteiger charge is -2.34. The van der Waals surface area contributed by atoms with Crippen LogP contribution in [0.25, 0.3) is 16.9 Å². The number of imidazole rings is 1. The van der Waals surface area contributed by atoms with E-state index in [4.69, 9.17) is 4.98 Å². The van der Waals surface area contributed by atoms with Gasteiger partial charge in [-0.2, -0.15) is 0 Å². The lowest BCUT2D eigenvalue weighted by molar-refractivity contribution is -0.136. The van der Waals surface area contributed by atoms with E-state index in [1.165, 1.54) is 5.56 Å². The maximum atomic E-state index is 13.2. The number of imide groups is 1. The molecule has 1 atom stereocenters. The number of fused-ring (bicyclic) bond motifs is 2. The molecule has 2 aliphatic rings. The SMILES string of the molecule is Cc1ccc2nc(-c3ccc4c(c3)CN(C3CCC(=O)NC3=O)C4=O)c(NC(C)(C)CC(C)(C)C)n2c1C. The van der Waals surface area contributed by atoms with Gasteiger partial charge in [0.05, 0.1) is 0 Å². The normalized spacial score (nSPS) is 18.2. The summed E-state index contributed by atoms with van der Waals surface area (Å²) in [5.41, 5.74) is 6.29. The summed E-state index contributed by atoms with van der Waals surface area (Å²) in [6, 6.07) is 9.29. The first-order chi connectivity index (χ1) is 17.7. The maximum absolute atomic E-state index is 13.2. The molecule has 1 saturated heterocycles. The second-order valence-corrected chi connectivity index (χ2v) is 12.6. The van der Waals surface area contributed by atoms with Crippen molar-refractivity contribution in [2.45, 2.75) is 85.9 Å². The quantitative estimate of drug-likeness (QED) is 0.466. The van der Waals surface area contributed by atoms with Crippen molar-refractivity contribution in [2.24, 2.45) is 5.41 Å². The highest BCUT2D eigenvalue weighted by Gasteiger charge is 2.39. The van der Waals surface area contributed by atoms with Gasteiger partial charge in [0.2, 0.25) is 11.8 Å². The van der Waals surface area contributed by atoms with Gasteiger partial charge in [-0.3, -0.25) is 24.1 Å². The number of nitrogens with zero attached hydrogens (tertiary/aromatic N) is 3. The Kier molecular flexibility index (Phi) is 6.12. The van der Waals surface area contributed by atoms with Crippen molar-refractivity contribution in [2.75, 3.05) is 5.32 Å². The van der Waals surface area contributed by atoms with E-state index in [2.05, 4.69) is 69.6 Å². The summed E-state index contributed by atoms with van der Waals surface area (Å²) in [6.45, 7) is 15.7. The van der Waals surface area contributed by atoms with Crippen LogP contribution in [0.3, 0.4) is 0 Å². The largest absolute Gasteiger partial charge is 0.364 e. The molecule has 3 amide bonds. The van der Waals surface area contributed by atoms with Crippen LogP contribution < -0.4 is 10.6 Å². The van der Waals surface area contributed by atoms with Gasteiger partial charge in [-0.1, -0.05) is 32.9 Å². The monoisotopic (exact) mass is 515 g/mol. The van der Waals surface area contributed by atoms with Crippen molar-refractivity contribution in [3.05, 3.63) is 52.7 Å². The van der Waals surface area contributed by atoms with Crippen LogP contribution in [0.1, 0.15) is 81.1 Å². The Bertz CT molecular complexity index is 1480. The number of anilines is 1. The lowest BCUT2D eigenvalue weighted by atomic mass is 9.82. The molecule has 1 aromatic carbocycles. The van der Waals surface area contributed by atoms with Crippen molar-refractivity contribution in [3.63, 3.8) is 0 Å². The van der Waals surface area contributed by atoms with Crippen molar-refractivity contribution in [1.82, 2.24) is 19.6 Å². The number of hydrogen-bond acceptors (Lipinski definition) is 5. The van der Waals surface area contributed by atoms with Gasteiger partial charge >= 0.3 is 0 Å². The molecule has 38 heavy (non-hydrogen) atoms. The first-order valence-corrected chi connectivity index (χ1v) is 13.3. The van der Waals surface area contributed by atoms with Gasteiger partial charge in [0.25, 0.3) is 5.91 Å². The number of nitrogens with one attached hydrogen (secondary N) is 2. The van der Waals surface area contributed by atoms with Crippen LogP contribution in [0.2, 0.25) is 0 Å². The van der Waals surface area contributed by atoms with E-state index < -0.39 is 11.9 Å². The number of aromatic nitrogens is 2. The van der Waals surface area contributed by atoms with E-state index in [9.17, 15) is 14.4 Å². The fourth-order valence-electron chi connectivity index (χ4n) is 6.11. The minimum absolute atomic E-state index is 0.134. The van der Waals surface area contributed by atoms with Gasteiger partial charge in [0.15, 0.2) is 0 Å². The van der Waals surface area contributed by atoms with Crippen molar-refractivity contribution < 1.29 is 14.4 Å². The lowest BCUT2D eigenvalue weighted by Crippen LogP contribution is -2.52. The van der Waals surface area contributed by atoms with Crippen LogP contribution in [0.4, 0.5) is 5.82 Å². The molecule has 2 N–H and O–H groups in total. The van der Waals surface area contributed by atoms with E-state index >= 15 is 0 Å². The first-order valence-electron chi connectivity index (χ1n) is 13.3. The molecule has 5 rings (SSSR count). The Hall–Kier alpha value is -3.68. The molecule has 0 aliphatic carbocycles. The fourth-order valence-corrected chi connectivity index (χ4v) is 6.11. The van der Waals surface area contributed by atoms with Crippen molar-refractivity contribution >= 4 is 29.2 Å². The molecule has 8 nitrogen and oxygen atoms in total. The van der Waals surface area contributed by atoms with Gasteiger partial charge in [0.1, 0.15) is 23.2 Å².